The summed E-state index contributed by atoms with van der Waals surface area (Å²) in [5.74, 6) is 0.357. The van der Waals surface area contributed by atoms with Crippen molar-refractivity contribution in [2.45, 2.75) is 44.4 Å². The van der Waals surface area contributed by atoms with Crippen LogP contribution in [0.25, 0.3) is 71.9 Å². The Labute approximate surface area is 373 Å². The lowest BCUT2D eigenvalue weighted by molar-refractivity contribution is 0.660. The predicted molar refractivity (Wildman–Crippen MR) is 267 cm³/mol. The van der Waals surface area contributed by atoms with Crippen molar-refractivity contribution in [3.63, 3.8) is 0 Å². The molecule has 0 bridgehead atoms. The lowest BCUT2D eigenvalue weighted by atomic mass is 9.82. The highest BCUT2D eigenvalue weighted by Gasteiger charge is 2.37. The van der Waals surface area contributed by atoms with Crippen LogP contribution in [0.4, 0.5) is 17.1 Å². The topological polar surface area (TPSA) is 21.3 Å². The minimum atomic E-state index is -0.165. The molecule has 2 aromatic heterocycles. The van der Waals surface area contributed by atoms with E-state index in [-0.39, 0.29) is 5.41 Å². The monoisotopic (exact) mass is 822 g/mol. The number of rotatable bonds is 6. The van der Waals surface area contributed by atoms with Crippen LogP contribution in [-0.2, 0) is 18.3 Å². The van der Waals surface area contributed by atoms with Crippen molar-refractivity contribution in [1.82, 2.24) is 4.57 Å². The third-order valence-corrected chi connectivity index (χ3v) is 14.4. The Balaban J connectivity index is 1.14. The first-order valence-corrected chi connectivity index (χ1v) is 22.7. The third-order valence-electron chi connectivity index (χ3n) is 14.4. The van der Waals surface area contributed by atoms with Crippen LogP contribution in [0.5, 0.6) is 0 Å². The van der Waals surface area contributed by atoms with E-state index >= 15 is 0 Å². The molecule has 0 radical (unpaired) electrons. The third kappa shape index (κ3) is 5.53. The Morgan fingerprint density at radius 2 is 1.31 bits per heavy atom. The summed E-state index contributed by atoms with van der Waals surface area (Å²) < 4.78 is 9.66. The highest BCUT2D eigenvalue weighted by atomic mass is 16.3. The number of furan rings is 1. The van der Waals surface area contributed by atoms with Crippen LogP contribution in [0, 0.1) is 0 Å². The largest absolute Gasteiger partial charge is 0.455 e. The van der Waals surface area contributed by atoms with Gasteiger partial charge in [-0.3, -0.25) is 0 Å². The molecule has 13 rings (SSSR count). The molecule has 3 aliphatic rings. The van der Waals surface area contributed by atoms with Gasteiger partial charge in [-0.05, 0) is 118 Å². The van der Waals surface area contributed by atoms with Crippen LogP contribution in [0.3, 0.4) is 0 Å². The van der Waals surface area contributed by atoms with Crippen LogP contribution >= 0.6 is 0 Å². The molecule has 306 valence electrons. The molecule has 0 aliphatic heterocycles. The minimum Gasteiger partial charge on any atom is -0.455 e. The van der Waals surface area contributed by atoms with Crippen LogP contribution in [0.2, 0.25) is 0 Å². The number of hydrogen-bond acceptors (Lipinski definition) is 2. The van der Waals surface area contributed by atoms with Crippen LogP contribution < -0.4 is 4.90 Å². The number of benzene rings is 8. The smallest absolute Gasteiger partial charge is 0.145 e. The Bertz CT molecular complexity index is 3540. The number of aromatic nitrogens is 1. The summed E-state index contributed by atoms with van der Waals surface area (Å²) in [5.41, 5.74) is 21.7. The van der Waals surface area contributed by atoms with Crippen molar-refractivity contribution in [3.8, 4) is 39.1 Å². The summed E-state index contributed by atoms with van der Waals surface area (Å²) in [6.45, 7) is 4.76. The molecule has 0 fully saturated rings. The fraction of sp³-hybridized carbons (Fsp3) is 0.115. The zero-order chi connectivity index (χ0) is 42.5. The van der Waals surface area contributed by atoms with Crippen LogP contribution in [0.15, 0.2) is 205 Å². The van der Waals surface area contributed by atoms with Crippen molar-refractivity contribution in [2.75, 3.05) is 4.90 Å². The molecule has 1 unspecified atom stereocenters. The molecule has 0 saturated carbocycles. The SMILES string of the molecule is CC1(C)c2ccccc2-c2ccc(N(c3ccc(C4C=CC=CC4)cc3)c3cc4c5ccccc5oc4c4c5c(n(-c6ccc(-c7ccccc7)cc6)c34)CCc3ccccc3-5)cc21. The van der Waals surface area contributed by atoms with Gasteiger partial charge in [0.15, 0.2) is 0 Å². The van der Waals surface area contributed by atoms with E-state index in [9.17, 15) is 0 Å². The van der Waals surface area contributed by atoms with Crippen molar-refractivity contribution >= 4 is 49.9 Å². The van der Waals surface area contributed by atoms with Gasteiger partial charge in [-0.25, -0.2) is 0 Å². The number of para-hydroxylation sites is 1. The molecular weight excluding hydrogens is 777 g/mol. The molecule has 0 spiro atoms. The van der Waals surface area contributed by atoms with E-state index in [1.807, 2.05) is 0 Å². The standard InChI is InChI=1S/C61H46N2O/c1-61(2)52-23-13-11-21-48(52)49-35-34-46(37-53(49)61)62(44-30-25-41(26-31-44)39-15-5-3-6-16-39)55-38-51-50-22-12-14-24-56(50)64-60(51)58-57-47-20-10-9-19-43(47)29-36-54(57)63(59(55)58)45-32-27-42(28-33-45)40-17-7-4-8-18-40/h3-15,17-28,30-35,37-39H,16,29,36H2,1-2H3. The van der Waals surface area contributed by atoms with Crippen molar-refractivity contribution in [3.05, 3.63) is 228 Å². The van der Waals surface area contributed by atoms with Crippen molar-refractivity contribution in [2.24, 2.45) is 0 Å². The first-order valence-electron chi connectivity index (χ1n) is 22.7. The molecule has 2 heterocycles. The molecule has 0 N–H and O–H groups in total. The zero-order valence-electron chi connectivity index (χ0n) is 36.1. The number of anilines is 3. The average Bonchev–Trinajstić information content (AvgIpc) is 3.98. The van der Waals surface area contributed by atoms with Gasteiger partial charge in [-0.15, -0.1) is 0 Å². The van der Waals surface area contributed by atoms with E-state index in [1.54, 1.807) is 0 Å². The Kier molecular flexibility index (Phi) is 8.21. The quantitative estimate of drug-likeness (QED) is 0.167. The fourth-order valence-corrected chi connectivity index (χ4v) is 11.3. The summed E-state index contributed by atoms with van der Waals surface area (Å²) in [6, 6.07) is 65.4. The molecule has 10 aromatic rings. The minimum absolute atomic E-state index is 0.165. The average molecular weight is 823 g/mol. The summed E-state index contributed by atoms with van der Waals surface area (Å²) in [7, 11) is 0. The number of nitrogens with zero attached hydrogens (tertiary/aromatic N) is 2. The van der Waals surface area contributed by atoms with Gasteiger partial charge in [0, 0.05) is 50.4 Å². The van der Waals surface area contributed by atoms with E-state index < -0.39 is 0 Å². The normalized spacial score (nSPS) is 15.6. The van der Waals surface area contributed by atoms with Crippen LogP contribution in [0.1, 0.15) is 54.1 Å². The molecular formula is C61H46N2O. The second kappa shape index (κ2) is 14.2. The first-order chi connectivity index (χ1) is 31.5. The van der Waals surface area contributed by atoms with Gasteiger partial charge in [0.05, 0.1) is 16.6 Å². The zero-order valence-corrected chi connectivity index (χ0v) is 36.1. The summed E-state index contributed by atoms with van der Waals surface area (Å²) in [5, 5.41) is 3.40. The van der Waals surface area contributed by atoms with E-state index in [2.05, 4.69) is 224 Å². The van der Waals surface area contributed by atoms with E-state index in [4.69, 9.17) is 4.42 Å². The second-order valence-electron chi connectivity index (χ2n) is 18.3. The Morgan fingerprint density at radius 1 is 0.594 bits per heavy atom. The number of aryl methyl sites for hydroxylation is 1. The molecule has 8 aromatic carbocycles. The summed E-state index contributed by atoms with van der Waals surface area (Å²) in [6.07, 6.45) is 11.8. The number of hydrogen-bond donors (Lipinski definition) is 0. The highest BCUT2D eigenvalue weighted by molar-refractivity contribution is 6.24. The van der Waals surface area contributed by atoms with Gasteiger partial charge in [-0.1, -0.05) is 166 Å². The fourth-order valence-electron chi connectivity index (χ4n) is 11.3. The van der Waals surface area contributed by atoms with E-state index in [0.717, 1.165) is 74.9 Å². The summed E-state index contributed by atoms with van der Waals surface area (Å²) in [4.78, 5) is 2.54. The summed E-state index contributed by atoms with van der Waals surface area (Å²) >= 11 is 0. The van der Waals surface area contributed by atoms with Gasteiger partial charge in [-0.2, -0.15) is 0 Å². The molecule has 0 amide bonds. The maximum atomic E-state index is 7.08. The molecule has 0 saturated heterocycles. The van der Waals surface area contributed by atoms with E-state index in [1.165, 1.54) is 61.3 Å². The van der Waals surface area contributed by atoms with Crippen molar-refractivity contribution in [1.29, 1.82) is 0 Å². The van der Waals surface area contributed by atoms with Gasteiger partial charge < -0.3 is 13.9 Å². The highest BCUT2D eigenvalue weighted by Crippen LogP contribution is 2.54. The second-order valence-corrected chi connectivity index (χ2v) is 18.3. The van der Waals surface area contributed by atoms with Gasteiger partial charge in [0.2, 0.25) is 0 Å². The molecule has 3 nitrogen and oxygen atoms in total. The molecule has 3 aliphatic carbocycles. The number of fused-ring (bicyclic) bond motifs is 12. The molecule has 3 heteroatoms. The maximum absolute atomic E-state index is 7.08. The first kappa shape index (κ1) is 37.0. The number of allylic oxidation sites excluding steroid dienone is 4. The maximum Gasteiger partial charge on any atom is 0.145 e. The predicted octanol–water partition coefficient (Wildman–Crippen LogP) is 16.3. The molecule has 64 heavy (non-hydrogen) atoms. The van der Waals surface area contributed by atoms with Gasteiger partial charge >= 0.3 is 0 Å². The Morgan fingerprint density at radius 3 is 2.14 bits per heavy atom. The van der Waals surface area contributed by atoms with Crippen molar-refractivity contribution < 1.29 is 4.42 Å². The lowest BCUT2D eigenvalue weighted by Gasteiger charge is -2.30. The Hall–Kier alpha value is -7.62. The lowest BCUT2D eigenvalue weighted by Crippen LogP contribution is -2.17. The van der Waals surface area contributed by atoms with E-state index in [0.29, 0.717) is 5.92 Å². The molecule has 1 atom stereocenters. The van der Waals surface area contributed by atoms with Gasteiger partial charge in [0.25, 0.3) is 0 Å². The van der Waals surface area contributed by atoms with Gasteiger partial charge in [0.1, 0.15) is 11.2 Å². The van der Waals surface area contributed by atoms with Crippen LogP contribution in [-0.4, -0.2) is 4.57 Å².